The summed E-state index contributed by atoms with van der Waals surface area (Å²) in [6.45, 7) is -1.19. The van der Waals surface area contributed by atoms with Crippen LogP contribution in [0.3, 0.4) is 0 Å². The minimum Gasteiger partial charge on any atom is -0.619 e. The van der Waals surface area contributed by atoms with Crippen LogP contribution >= 0.6 is 0 Å². The summed E-state index contributed by atoms with van der Waals surface area (Å²) in [6, 6.07) is 8.00. The smallest absolute Gasteiger partial charge is 0.315 e. The Morgan fingerprint density at radius 2 is 1.67 bits per heavy atom. The summed E-state index contributed by atoms with van der Waals surface area (Å²) in [4.78, 5) is 10.9. The van der Waals surface area contributed by atoms with Crippen LogP contribution in [0.4, 0.5) is 13.2 Å². The highest BCUT2D eigenvalue weighted by atomic mass is 19.3. The monoisotopic (exact) mass is 340 g/mol. The molecule has 2 rings (SSSR count). The van der Waals surface area contributed by atoms with Crippen LogP contribution in [0.5, 0.6) is 0 Å². The molecule has 0 bridgehead atoms. The van der Waals surface area contributed by atoms with E-state index in [2.05, 4.69) is 0 Å². The van der Waals surface area contributed by atoms with Gasteiger partial charge in [0.05, 0.1) is 6.04 Å². The minimum absolute atomic E-state index is 0.269. The van der Waals surface area contributed by atoms with E-state index < -0.39 is 31.2 Å². The Labute approximate surface area is 135 Å². The van der Waals surface area contributed by atoms with Crippen molar-refractivity contribution in [3.63, 3.8) is 0 Å². The maximum absolute atomic E-state index is 12.9. The predicted molar refractivity (Wildman–Crippen MR) is 79.7 cm³/mol. The number of hydrogen-bond acceptors (Lipinski definition) is 3. The first kappa shape index (κ1) is 17.7. The standard InChI is InChI=1S/C16H15F3N2O3/c17-9-13(20-16(23)15(18)19)14(22)12-3-1-10(2-4-12)11-5-7-21(24)8-6-11/h1-8,13-15,22H,9H2,(H,20,23)/t13-,14-/m1/s1. The number of rotatable bonds is 6. The Morgan fingerprint density at radius 3 is 2.17 bits per heavy atom. The fourth-order valence-electron chi connectivity index (χ4n) is 2.16. The highest BCUT2D eigenvalue weighted by Crippen LogP contribution is 2.23. The van der Waals surface area contributed by atoms with Crippen LogP contribution < -0.4 is 10.0 Å². The number of carbonyl (C=O) groups is 1. The molecule has 0 aliphatic rings. The van der Waals surface area contributed by atoms with Crippen molar-refractivity contribution in [3.05, 3.63) is 59.6 Å². The number of hydrogen-bond donors (Lipinski definition) is 2. The lowest BCUT2D eigenvalue weighted by molar-refractivity contribution is -0.605. The van der Waals surface area contributed by atoms with Gasteiger partial charge in [-0.1, -0.05) is 24.3 Å². The van der Waals surface area contributed by atoms with E-state index >= 15 is 0 Å². The molecule has 0 unspecified atom stereocenters. The molecule has 1 heterocycles. The number of nitrogens with one attached hydrogen (secondary N) is 1. The highest BCUT2D eigenvalue weighted by Gasteiger charge is 2.26. The third-order valence-corrected chi connectivity index (χ3v) is 3.46. The molecule has 2 aromatic rings. The van der Waals surface area contributed by atoms with Gasteiger partial charge in [-0.15, -0.1) is 0 Å². The average Bonchev–Trinajstić information content (AvgIpc) is 2.59. The molecule has 5 nitrogen and oxygen atoms in total. The zero-order chi connectivity index (χ0) is 17.7. The van der Waals surface area contributed by atoms with Crippen LogP contribution in [0.25, 0.3) is 11.1 Å². The summed E-state index contributed by atoms with van der Waals surface area (Å²) >= 11 is 0. The van der Waals surface area contributed by atoms with Gasteiger partial charge >= 0.3 is 6.43 Å². The van der Waals surface area contributed by atoms with E-state index in [1.807, 2.05) is 0 Å². The van der Waals surface area contributed by atoms with Crippen LogP contribution in [0.1, 0.15) is 11.7 Å². The van der Waals surface area contributed by atoms with Gasteiger partial charge in [-0.3, -0.25) is 4.79 Å². The maximum atomic E-state index is 12.9. The molecule has 2 N–H and O–H groups in total. The number of aliphatic hydroxyl groups is 1. The maximum Gasteiger partial charge on any atom is 0.315 e. The summed E-state index contributed by atoms with van der Waals surface area (Å²) in [7, 11) is 0. The van der Waals surface area contributed by atoms with Crippen molar-refractivity contribution in [2.24, 2.45) is 0 Å². The van der Waals surface area contributed by atoms with Crippen molar-refractivity contribution < 1.29 is 27.8 Å². The van der Waals surface area contributed by atoms with E-state index in [9.17, 15) is 28.3 Å². The molecule has 0 fully saturated rings. The van der Waals surface area contributed by atoms with E-state index in [0.29, 0.717) is 4.73 Å². The molecule has 0 aliphatic carbocycles. The topological polar surface area (TPSA) is 76.3 Å². The number of nitrogens with zero attached hydrogens (tertiary/aromatic N) is 1. The normalized spacial score (nSPS) is 13.5. The summed E-state index contributed by atoms with van der Waals surface area (Å²) in [5.74, 6) is -1.64. The van der Waals surface area contributed by atoms with Crippen LogP contribution in [0, 0.1) is 5.21 Å². The number of alkyl halides is 3. The largest absolute Gasteiger partial charge is 0.619 e. The van der Waals surface area contributed by atoms with Crippen molar-refractivity contribution in [1.29, 1.82) is 0 Å². The Morgan fingerprint density at radius 1 is 1.12 bits per heavy atom. The molecular formula is C16H15F3N2O3. The van der Waals surface area contributed by atoms with Gasteiger partial charge in [0.1, 0.15) is 12.8 Å². The number of aromatic nitrogens is 1. The van der Waals surface area contributed by atoms with Crippen LogP contribution in [-0.4, -0.2) is 30.2 Å². The Kier molecular flexibility index (Phi) is 5.75. The van der Waals surface area contributed by atoms with Gasteiger partial charge in [-0.05, 0) is 16.7 Å². The second-order valence-corrected chi connectivity index (χ2v) is 5.08. The fraction of sp³-hybridized carbons (Fsp3) is 0.250. The Hall–Kier alpha value is -2.61. The van der Waals surface area contributed by atoms with Crippen molar-refractivity contribution in [1.82, 2.24) is 5.32 Å². The number of aliphatic hydroxyl groups excluding tert-OH is 1. The fourth-order valence-corrected chi connectivity index (χ4v) is 2.16. The molecular weight excluding hydrogens is 325 g/mol. The van der Waals surface area contributed by atoms with E-state index in [0.717, 1.165) is 11.1 Å². The van der Waals surface area contributed by atoms with Crippen LogP contribution in [-0.2, 0) is 4.79 Å². The van der Waals surface area contributed by atoms with Crippen molar-refractivity contribution in [2.75, 3.05) is 6.67 Å². The zero-order valence-electron chi connectivity index (χ0n) is 12.4. The molecule has 0 spiro atoms. The Bertz CT molecular complexity index is 678. The van der Waals surface area contributed by atoms with E-state index in [1.54, 1.807) is 29.6 Å². The SMILES string of the molecule is O=C(N[C@H](CF)[C@H](O)c1ccc(-c2cc[n+]([O-])cc2)cc1)C(F)F. The molecule has 8 heteroatoms. The van der Waals surface area contributed by atoms with Gasteiger partial charge in [0.15, 0.2) is 12.4 Å². The Balaban J connectivity index is 2.13. The van der Waals surface area contributed by atoms with Crippen LogP contribution in [0.2, 0.25) is 0 Å². The third-order valence-electron chi connectivity index (χ3n) is 3.46. The summed E-state index contributed by atoms with van der Waals surface area (Å²) in [5, 5.41) is 22.8. The lowest BCUT2D eigenvalue weighted by Crippen LogP contribution is -2.43. The first-order valence-corrected chi connectivity index (χ1v) is 7.04. The van der Waals surface area contributed by atoms with Gasteiger partial charge < -0.3 is 15.6 Å². The lowest BCUT2D eigenvalue weighted by Gasteiger charge is -2.21. The van der Waals surface area contributed by atoms with Gasteiger partial charge in [-0.25, -0.2) is 4.39 Å². The molecule has 0 saturated heterocycles. The summed E-state index contributed by atoms with van der Waals surface area (Å²) in [6.07, 6.45) is -2.09. The molecule has 24 heavy (non-hydrogen) atoms. The van der Waals surface area contributed by atoms with E-state index in [1.165, 1.54) is 24.5 Å². The summed E-state index contributed by atoms with van der Waals surface area (Å²) in [5.41, 5.74) is 1.78. The van der Waals surface area contributed by atoms with Gasteiger partial charge in [-0.2, -0.15) is 13.5 Å². The molecule has 128 valence electrons. The second kappa shape index (κ2) is 7.78. The van der Waals surface area contributed by atoms with E-state index in [-0.39, 0.29) is 5.56 Å². The van der Waals surface area contributed by atoms with Crippen molar-refractivity contribution >= 4 is 5.91 Å². The number of halogens is 3. The molecule has 0 saturated carbocycles. The molecule has 1 amide bonds. The van der Waals surface area contributed by atoms with Crippen molar-refractivity contribution in [3.8, 4) is 11.1 Å². The second-order valence-electron chi connectivity index (χ2n) is 5.08. The highest BCUT2D eigenvalue weighted by molar-refractivity contribution is 5.79. The average molecular weight is 340 g/mol. The molecule has 1 aromatic carbocycles. The first-order valence-electron chi connectivity index (χ1n) is 7.04. The van der Waals surface area contributed by atoms with Crippen LogP contribution in [0.15, 0.2) is 48.8 Å². The quantitative estimate of drug-likeness (QED) is 0.621. The molecule has 0 aliphatic heterocycles. The van der Waals surface area contributed by atoms with E-state index in [4.69, 9.17) is 0 Å². The predicted octanol–water partition coefficient (Wildman–Crippen LogP) is 1.74. The number of amides is 1. The number of pyridine rings is 1. The molecule has 0 radical (unpaired) electrons. The summed E-state index contributed by atoms with van der Waals surface area (Å²) < 4.78 is 38.0. The van der Waals surface area contributed by atoms with Crippen molar-refractivity contribution in [2.45, 2.75) is 18.6 Å². The first-order chi connectivity index (χ1) is 11.4. The number of carbonyl (C=O) groups excluding carboxylic acids is 1. The van der Waals surface area contributed by atoms with Gasteiger partial charge in [0.2, 0.25) is 0 Å². The zero-order valence-corrected chi connectivity index (χ0v) is 12.4. The molecule has 1 aromatic heterocycles. The molecule has 2 atom stereocenters. The van der Waals surface area contributed by atoms with Gasteiger partial charge in [0.25, 0.3) is 5.91 Å². The number of benzene rings is 1. The van der Waals surface area contributed by atoms with Gasteiger partial charge in [0, 0.05) is 12.1 Å². The third kappa shape index (κ3) is 4.23. The minimum atomic E-state index is -3.28. The lowest BCUT2D eigenvalue weighted by atomic mass is 9.99.